The quantitative estimate of drug-likeness (QED) is 0.770. The van der Waals surface area contributed by atoms with Crippen molar-refractivity contribution in [1.82, 2.24) is 8.61 Å². The zero-order chi connectivity index (χ0) is 13.8. The van der Waals surface area contributed by atoms with Crippen molar-refractivity contribution in [3.05, 3.63) is 0 Å². The first kappa shape index (κ1) is 15.7. The molecule has 106 valence electrons. The minimum Gasteiger partial charge on any atom is -0.481 e. The van der Waals surface area contributed by atoms with Crippen LogP contribution in [0.15, 0.2) is 0 Å². The molecular weight excluding hydrogens is 276 g/mol. The Hall–Kier alpha value is -0.310. The summed E-state index contributed by atoms with van der Waals surface area (Å²) in [6.07, 6.45) is 3.57. The van der Waals surface area contributed by atoms with E-state index in [0.29, 0.717) is 18.3 Å². The number of carbonyl (C=O) groups is 1. The highest BCUT2D eigenvalue weighted by Gasteiger charge is 2.30. The normalized spacial score (nSPS) is 19.3. The predicted octanol–water partition coefficient (Wildman–Crippen LogP) is 0.465. The van der Waals surface area contributed by atoms with Crippen LogP contribution in [0.1, 0.15) is 19.3 Å². The fraction of sp³-hybridized carbons (Fsp3) is 0.900. The molecule has 6 nitrogen and oxygen atoms in total. The highest BCUT2D eigenvalue weighted by Crippen LogP contribution is 2.23. The largest absolute Gasteiger partial charge is 0.481 e. The molecule has 8 heteroatoms. The van der Waals surface area contributed by atoms with E-state index in [2.05, 4.69) is 0 Å². The highest BCUT2D eigenvalue weighted by molar-refractivity contribution is 7.99. The van der Waals surface area contributed by atoms with Crippen LogP contribution in [0.4, 0.5) is 0 Å². The first-order valence-electron chi connectivity index (χ1n) is 5.84. The Kier molecular flexibility index (Phi) is 5.90. The summed E-state index contributed by atoms with van der Waals surface area (Å²) in [5.74, 6) is -0.988. The molecule has 0 spiro atoms. The van der Waals surface area contributed by atoms with Crippen LogP contribution in [0.2, 0.25) is 0 Å². The van der Waals surface area contributed by atoms with Crippen molar-refractivity contribution in [2.24, 2.45) is 0 Å². The molecule has 0 bridgehead atoms. The molecule has 0 saturated carbocycles. The molecular formula is C10H20N2O4S2. The van der Waals surface area contributed by atoms with E-state index in [1.54, 1.807) is 11.8 Å². The second-order valence-electron chi connectivity index (χ2n) is 4.31. The molecule has 0 unspecified atom stereocenters. The van der Waals surface area contributed by atoms with Gasteiger partial charge in [-0.15, -0.1) is 0 Å². The minimum atomic E-state index is -3.50. The summed E-state index contributed by atoms with van der Waals surface area (Å²) in [5, 5.41) is 9.10. The maximum absolute atomic E-state index is 12.1. The lowest BCUT2D eigenvalue weighted by molar-refractivity contribution is -0.137. The molecule has 1 aliphatic rings. The summed E-state index contributed by atoms with van der Waals surface area (Å²) >= 11 is 1.77. The van der Waals surface area contributed by atoms with E-state index in [-0.39, 0.29) is 13.0 Å². The Morgan fingerprint density at radius 1 is 1.44 bits per heavy atom. The average Bonchev–Trinajstić information content (AvgIpc) is 2.35. The fourth-order valence-electron chi connectivity index (χ4n) is 1.86. The predicted molar refractivity (Wildman–Crippen MR) is 71.9 cm³/mol. The molecule has 0 aliphatic carbocycles. The van der Waals surface area contributed by atoms with Gasteiger partial charge in [-0.25, -0.2) is 0 Å². The van der Waals surface area contributed by atoms with Crippen LogP contribution in [0.5, 0.6) is 0 Å². The lowest BCUT2D eigenvalue weighted by Gasteiger charge is -2.33. The van der Waals surface area contributed by atoms with E-state index < -0.39 is 16.2 Å². The second-order valence-corrected chi connectivity index (χ2v) is 7.48. The summed E-state index contributed by atoms with van der Waals surface area (Å²) in [6, 6.07) is 0. The van der Waals surface area contributed by atoms with Crippen molar-refractivity contribution in [2.75, 3.05) is 32.9 Å². The van der Waals surface area contributed by atoms with Crippen LogP contribution in [-0.2, 0) is 15.0 Å². The van der Waals surface area contributed by atoms with Crippen molar-refractivity contribution < 1.29 is 18.3 Å². The fourth-order valence-corrected chi connectivity index (χ4v) is 3.93. The molecule has 18 heavy (non-hydrogen) atoms. The van der Waals surface area contributed by atoms with Gasteiger partial charge in [-0.1, -0.05) is 0 Å². The monoisotopic (exact) mass is 296 g/mol. The maximum Gasteiger partial charge on any atom is 0.304 e. The van der Waals surface area contributed by atoms with Crippen LogP contribution in [-0.4, -0.2) is 66.3 Å². The Labute approximate surface area is 113 Å². The van der Waals surface area contributed by atoms with Gasteiger partial charge >= 0.3 is 5.97 Å². The topological polar surface area (TPSA) is 77.9 Å². The molecule has 1 rings (SSSR count). The molecule has 1 saturated heterocycles. The van der Waals surface area contributed by atoms with Crippen LogP contribution < -0.4 is 0 Å². The third-order valence-electron chi connectivity index (χ3n) is 3.10. The van der Waals surface area contributed by atoms with Gasteiger partial charge in [0.2, 0.25) is 0 Å². The second kappa shape index (κ2) is 6.74. The van der Waals surface area contributed by atoms with Gasteiger partial charge in [0.1, 0.15) is 0 Å². The standard InChI is InChI=1S/C10H20N2O4S2/c1-11(6-5-10(13)14)18(15,16)12-7-3-9(17-2)4-8-12/h9H,3-8H2,1-2H3,(H,13,14). The van der Waals surface area contributed by atoms with Crippen molar-refractivity contribution in [3.63, 3.8) is 0 Å². The summed E-state index contributed by atoms with van der Waals surface area (Å²) in [4.78, 5) is 10.5. The van der Waals surface area contributed by atoms with Crippen molar-refractivity contribution in [2.45, 2.75) is 24.5 Å². The number of hydrogen-bond acceptors (Lipinski definition) is 4. The Balaban J connectivity index is 2.55. The third kappa shape index (κ3) is 4.11. The lowest BCUT2D eigenvalue weighted by Crippen LogP contribution is -2.46. The first-order chi connectivity index (χ1) is 8.37. The molecule has 1 fully saturated rings. The van der Waals surface area contributed by atoms with Gasteiger partial charge in [0.15, 0.2) is 0 Å². The number of nitrogens with zero attached hydrogens (tertiary/aromatic N) is 2. The van der Waals surface area contributed by atoms with Gasteiger partial charge in [-0.05, 0) is 19.1 Å². The van der Waals surface area contributed by atoms with E-state index >= 15 is 0 Å². The number of piperidine rings is 1. The van der Waals surface area contributed by atoms with Crippen molar-refractivity contribution >= 4 is 27.9 Å². The first-order valence-corrected chi connectivity index (χ1v) is 8.52. The zero-order valence-corrected chi connectivity index (χ0v) is 12.3. The number of hydrogen-bond donors (Lipinski definition) is 1. The van der Waals surface area contributed by atoms with Gasteiger partial charge in [0, 0.05) is 31.9 Å². The third-order valence-corrected chi connectivity index (χ3v) is 6.22. The average molecular weight is 296 g/mol. The Morgan fingerprint density at radius 3 is 2.44 bits per heavy atom. The van der Waals surface area contributed by atoms with Crippen LogP contribution in [0.3, 0.4) is 0 Å². The van der Waals surface area contributed by atoms with Crippen molar-refractivity contribution in [3.8, 4) is 0 Å². The van der Waals surface area contributed by atoms with Crippen LogP contribution >= 0.6 is 11.8 Å². The number of carboxylic acid groups (broad SMARTS) is 1. The summed E-state index contributed by atoms with van der Waals surface area (Å²) < 4.78 is 26.9. The smallest absolute Gasteiger partial charge is 0.304 e. The summed E-state index contributed by atoms with van der Waals surface area (Å²) in [7, 11) is -2.07. The van der Waals surface area contributed by atoms with E-state index in [1.165, 1.54) is 11.4 Å². The van der Waals surface area contributed by atoms with Crippen molar-refractivity contribution in [1.29, 1.82) is 0 Å². The summed E-state index contributed by atoms with van der Waals surface area (Å²) in [6.45, 7) is 1.05. The molecule has 0 amide bonds. The van der Waals surface area contributed by atoms with Gasteiger partial charge in [-0.3, -0.25) is 4.79 Å². The molecule has 0 atom stereocenters. The van der Waals surface area contributed by atoms with E-state index in [1.807, 2.05) is 6.26 Å². The van der Waals surface area contributed by atoms with E-state index in [9.17, 15) is 13.2 Å². The lowest BCUT2D eigenvalue weighted by atomic mass is 10.2. The molecule has 1 N–H and O–H groups in total. The van der Waals surface area contributed by atoms with Gasteiger partial charge < -0.3 is 5.11 Å². The minimum absolute atomic E-state index is 0.0140. The van der Waals surface area contributed by atoms with Gasteiger partial charge in [0.25, 0.3) is 10.2 Å². The molecule has 0 aromatic heterocycles. The number of rotatable bonds is 6. The van der Waals surface area contributed by atoms with E-state index in [0.717, 1.165) is 17.1 Å². The van der Waals surface area contributed by atoms with Crippen LogP contribution in [0, 0.1) is 0 Å². The number of thioether (sulfide) groups is 1. The van der Waals surface area contributed by atoms with Gasteiger partial charge in [-0.2, -0.15) is 28.8 Å². The highest BCUT2D eigenvalue weighted by atomic mass is 32.2. The zero-order valence-electron chi connectivity index (χ0n) is 10.7. The van der Waals surface area contributed by atoms with Crippen LogP contribution in [0.25, 0.3) is 0 Å². The molecule has 1 aliphatic heterocycles. The summed E-state index contributed by atoms with van der Waals surface area (Å²) in [5.41, 5.74) is 0. The molecule has 0 aromatic rings. The SMILES string of the molecule is CSC1CCN(S(=O)(=O)N(C)CCC(=O)O)CC1. The number of carboxylic acids is 1. The Bertz CT molecular complexity index is 377. The van der Waals surface area contributed by atoms with E-state index in [4.69, 9.17) is 5.11 Å². The maximum atomic E-state index is 12.1. The Morgan fingerprint density at radius 2 is 2.00 bits per heavy atom. The molecule has 0 aromatic carbocycles. The molecule has 0 radical (unpaired) electrons. The van der Waals surface area contributed by atoms with Gasteiger partial charge in [0.05, 0.1) is 6.42 Å². The molecule has 1 heterocycles. The number of aliphatic carboxylic acids is 1.